The number of carboxylic acids is 1. The van der Waals surface area contributed by atoms with Crippen LogP contribution in [-0.4, -0.2) is 93.3 Å². The number of fused-ring (bicyclic) bond motifs is 1. The second-order valence-corrected chi connectivity index (χ2v) is 20.2. The van der Waals surface area contributed by atoms with Gasteiger partial charge in [0.2, 0.25) is 11.3 Å². The van der Waals surface area contributed by atoms with Crippen LogP contribution in [0.25, 0.3) is 10.9 Å². The number of hydrogen-bond donors (Lipinski definition) is 4. The maximum absolute atomic E-state index is 15.3. The third-order valence-electron chi connectivity index (χ3n) is 13.8. The number of rotatable bonds is 22. The topological polar surface area (TPSA) is 231 Å². The van der Waals surface area contributed by atoms with Crippen LogP contribution in [0.1, 0.15) is 101 Å². The van der Waals surface area contributed by atoms with Crippen LogP contribution in [0.3, 0.4) is 0 Å². The van der Waals surface area contributed by atoms with Gasteiger partial charge in [0.1, 0.15) is 36.2 Å². The van der Waals surface area contributed by atoms with E-state index in [4.69, 9.17) is 14.6 Å². The van der Waals surface area contributed by atoms with Crippen molar-refractivity contribution < 1.29 is 57.6 Å². The summed E-state index contributed by atoms with van der Waals surface area (Å²) in [5.74, 6) is -3.28. The predicted molar refractivity (Wildman–Crippen MR) is 291 cm³/mol. The van der Waals surface area contributed by atoms with E-state index in [1.807, 2.05) is 82.3 Å². The monoisotopic (exact) mass is 1060 g/mol. The van der Waals surface area contributed by atoms with E-state index in [0.717, 1.165) is 22.8 Å². The molecule has 3 amide bonds. The number of aromatic nitrogens is 1. The lowest BCUT2D eigenvalue weighted by molar-refractivity contribution is -0.129. The number of hydrogen-bond acceptors (Lipinski definition) is 12. The normalized spacial score (nSPS) is 13.9. The molecule has 18 heteroatoms. The summed E-state index contributed by atoms with van der Waals surface area (Å²) in [5.41, 5.74) is 3.22. The minimum absolute atomic E-state index is 0.00378. The highest BCUT2D eigenvalue weighted by Gasteiger charge is 2.29. The highest BCUT2D eigenvalue weighted by Crippen LogP contribution is 2.27. The number of anilines is 2. The number of carboxylic acid groups (broad SMARTS) is 1. The van der Waals surface area contributed by atoms with Crippen molar-refractivity contribution in [2.45, 2.75) is 107 Å². The Morgan fingerprint density at radius 1 is 0.688 bits per heavy atom. The molecule has 0 bridgehead atoms. The van der Waals surface area contributed by atoms with E-state index in [1.54, 1.807) is 61.4 Å². The van der Waals surface area contributed by atoms with Gasteiger partial charge in [-0.2, -0.15) is 0 Å². The number of halogens is 1. The SMILES string of the molecule is CC(C)[C@H](C)C(=O)C[C@@H](C)C(=O)Cc1ccc(CO)cc1.CCn1cc(C(=O)O)c(=O)c2cc(F)c(N3CCN(C(=O)OCc4ccc(NC(=O)[C@H](C)CC(=O)[C@@H](NC(=O)OCc5ccccc5)C(C)C)cc4)CC3)cc21. The molecule has 0 saturated carbocycles. The summed E-state index contributed by atoms with van der Waals surface area (Å²) in [6.45, 7) is 16.4. The van der Waals surface area contributed by atoms with E-state index in [2.05, 4.69) is 10.6 Å². The van der Waals surface area contributed by atoms with Crippen molar-refractivity contribution in [1.82, 2.24) is 14.8 Å². The number of aliphatic hydroxyl groups is 1. The fraction of sp³-hybridized carbons (Fsp3) is 0.424. The third kappa shape index (κ3) is 17.1. The minimum atomic E-state index is -1.38. The molecular formula is C59H72FN5O12. The van der Waals surface area contributed by atoms with Gasteiger partial charge in [0.05, 0.1) is 23.9 Å². The van der Waals surface area contributed by atoms with Gasteiger partial charge in [-0.05, 0) is 65.3 Å². The first-order valence-corrected chi connectivity index (χ1v) is 26.0. The summed E-state index contributed by atoms with van der Waals surface area (Å²) in [6.07, 6.45) is 0.579. The number of carbonyl (C=O) groups is 7. The van der Waals surface area contributed by atoms with Crippen molar-refractivity contribution in [3.63, 3.8) is 0 Å². The Hall–Kier alpha value is -7.73. The average molecular weight is 1060 g/mol. The number of aromatic carboxylic acids is 1. The molecule has 1 aromatic heterocycles. The van der Waals surface area contributed by atoms with Gasteiger partial charge < -0.3 is 44.7 Å². The van der Waals surface area contributed by atoms with Gasteiger partial charge >= 0.3 is 18.2 Å². The number of benzene rings is 4. The molecule has 1 aliphatic rings. The summed E-state index contributed by atoms with van der Waals surface area (Å²) in [6, 6.07) is 25.0. The van der Waals surface area contributed by atoms with Crippen LogP contribution in [0.4, 0.5) is 25.4 Å². The van der Waals surface area contributed by atoms with E-state index in [9.17, 15) is 43.5 Å². The van der Waals surface area contributed by atoms with Crippen molar-refractivity contribution >= 4 is 63.7 Å². The lowest BCUT2D eigenvalue weighted by atomic mass is 9.86. The molecule has 17 nitrogen and oxygen atoms in total. The summed E-state index contributed by atoms with van der Waals surface area (Å²) in [4.78, 5) is 103. The number of alkyl carbamates (subject to hydrolysis) is 1. The number of aryl methyl sites for hydroxylation is 1. The van der Waals surface area contributed by atoms with Crippen LogP contribution in [0.2, 0.25) is 0 Å². The van der Waals surface area contributed by atoms with Gasteiger partial charge in [0.25, 0.3) is 0 Å². The molecule has 0 aliphatic carbocycles. The van der Waals surface area contributed by atoms with Crippen LogP contribution >= 0.6 is 0 Å². The molecule has 412 valence electrons. The standard InChI is InChI=1S/C41H46FN5O9.C18H26O3/c1-5-45-22-31(39(51)52)37(49)30-20-32(42)34(21-33(30)45)46-15-17-47(18-16-46)41(54)56-24-28-11-13-29(14-12-28)43-38(50)26(4)19-35(48)36(25(2)3)44-40(53)55-23-27-9-7-6-8-10-27;1-12(2)14(4)18(21)9-13(3)17(20)10-15-5-7-16(11-19)8-6-15/h6-14,20-22,25-26,36H,5,15-19,23-24H2,1-4H3,(H,43,50)(H,44,53)(H,51,52);5-8,12-14,19H,9-11H2,1-4H3/t26-,36+;13-,14+/m11/s1. The zero-order chi connectivity index (χ0) is 56.5. The molecule has 4 atom stereocenters. The molecule has 77 heavy (non-hydrogen) atoms. The Labute approximate surface area is 448 Å². The lowest BCUT2D eigenvalue weighted by Gasteiger charge is -2.35. The number of piperazine rings is 1. The van der Waals surface area contributed by atoms with Crippen LogP contribution in [0, 0.1) is 35.4 Å². The molecule has 6 rings (SSSR count). The first-order chi connectivity index (χ1) is 36.6. The highest BCUT2D eigenvalue weighted by atomic mass is 19.1. The zero-order valence-electron chi connectivity index (χ0n) is 45.2. The maximum Gasteiger partial charge on any atom is 0.410 e. The molecule has 1 fully saturated rings. The van der Waals surface area contributed by atoms with Crippen molar-refractivity contribution in [2.75, 3.05) is 36.4 Å². The minimum Gasteiger partial charge on any atom is -0.477 e. The smallest absolute Gasteiger partial charge is 0.410 e. The van der Waals surface area contributed by atoms with Crippen LogP contribution < -0.4 is 21.0 Å². The van der Waals surface area contributed by atoms with Crippen molar-refractivity contribution in [3.8, 4) is 0 Å². The molecular weight excluding hydrogens is 990 g/mol. The predicted octanol–water partition coefficient (Wildman–Crippen LogP) is 8.98. The molecule has 2 heterocycles. The first kappa shape index (κ1) is 60.1. The third-order valence-corrected chi connectivity index (χ3v) is 13.8. The number of nitrogens with one attached hydrogen (secondary N) is 2. The van der Waals surface area contributed by atoms with E-state index in [-0.39, 0.29) is 91.4 Å². The Kier molecular flexibility index (Phi) is 22.2. The van der Waals surface area contributed by atoms with E-state index in [1.165, 1.54) is 17.2 Å². The fourth-order valence-electron chi connectivity index (χ4n) is 8.52. The van der Waals surface area contributed by atoms with Gasteiger partial charge in [0, 0.05) is 87.0 Å². The summed E-state index contributed by atoms with van der Waals surface area (Å²) >= 11 is 0. The van der Waals surface area contributed by atoms with Gasteiger partial charge in [-0.3, -0.25) is 24.0 Å². The molecule has 1 saturated heterocycles. The van der Waals surface area contributed by atoms with E-state index >= 15 is 4.39 Å². The number of carbonyl (C=O) groups excluding carboxylic acids is 6. The van der Waals surface area contributed by atoms with E-state index in [0.29, 0.717) is 55.2 Å². The van der Waals surface area contributed by atoms with Gasteiger partial charge in [-0.25, -0.2) is 18.8 Å². The average Bonchev–Trinajstić information content (AvgIpc) is 3.44. The summed E-state index contributed by atoms with van der Waals surface area (Å²) in [5, 5.41) is 23.8. The molecule has 4 N–H and O–H groups in total. The second-order valence-electron chi connectivity index (χ2n) is 20.2. The number of aliphatic hydroxyl groups excluding tert-OH is 1. The quantitative estimate of drug-likeness (QED) is 0.0508. The molecule has 0 unspecified atom stereocenters. The van der Waals surface area contributed by atoms with Gasteiger partial charge in [-0.1, -0.05) is 115 Å². The number of amides is 3. The van der Waals surface area contributed by atoms with Crippen molar-refractivity contribution in [1.29, 1.82) is 0 Å². The molecule has 1 aliphatic heterocycles. The number of ketones is 3. The number of Topliss-reactive ketones (excluding diaryl/α,β-unsaturated/α-hetero) is 3. The van der Waals surface area contributed by atoms with E-state index < -0.39 is 46.9 Å². The zero-order valence-corrected chi connectivity index (χ0v) is 45.2. The Morgan fingerprint density at radius 3 is 1.86 bits per heavy atom. The lowest BCUT2D eigenvalue weighted by Crippen LogP contribution is -2.49. The summed E-state index contributed by atoms with van der Waals surface area (Å²) in [7, 11) is 0. The second kappa shape index (κ2) is 28.4. The molecule has 4 aromatic carbocycles. The maximum atomic E-state index is 15.3. The Bertz CT molecular complexity index is 2920. The van der Waals surface area contributed by atoms with Gasteiger partial charge in [-0.15, -0.1) is 0 Å². The van der Waals surface area contributed by atoms with Gasteiger partial charge in [0.15, 0.2) is 5.78 Å². The largest absolute Gasteiger partial charge is 0.477 e. The summed E-state index contributed by atoms with van der Waals surface area (Å²) < 4.78 is 27.6. The molecule has 0 spiro atoms. The molecule has 0 radical (unpaired) electrons. The van der Waals surface area contributed by atoms with Crippen molar-refractivity contribution in [3.05, 3.63) is 141 Å². The van der Waals surface area contributed by atoms with Crippen LogP contribution in [0.15, 0.2) is 102 Å². The van der Waals surface area contributed by atoms with Crippen molar-refractivity contribution in [2.24, 2.45) is 29.6 Å². The number of nitrogens with zero attached hydrogens (tertiary/aromatic N) is 3. The highest BCUT2D eigenvalue weighted by molar-refractivity contribution is 5.97. The Balaban J connectivity index is 0.000000436. The van der Waals surface area contributed by atoms with Crippen LogP contribution in [-0.2, 0) is 61.4 Å². The Morgan fingerprint density at radius 2 is 1.27 bits per heavy atom. The number of pyridine rings is 1. The fourth-order valence-corrected chi connectivity index (χ4v) is 8.52. The number of ether oxygens (including phenoxy) is 2. The molecule has 5 aromatic rings. The van der Waals surface area contributed by atoms with Crippen LogP contribution in [0.5, 0.6) is 0 Å². The first-order valence-electron chi connectivity index (χ1n) is 26.0.